The highest BCUT2D eigenvalue weighted by Gasteiger charge is 2.28. The summed E-state index contributed by atoms with van der Waals surface area (Å²) in [5.41, 5.74) is 3.27. The van der Waals surface area contributed by atoms with Gasteiger partial charge in [0.15, 0.2) is 5.82 Å². The number of hydrogen-bond donors (Lipinski definition) is 1. The fourth-order valence-electron chi connectivity index (χ4n) is 2.67. The van der Waals surface area contributed by atoms with E-state index in [4.69, 9.17) is 4.98 Å². The van der Waals surface area contributed by atoms with E-state index in [1.807, 2.05) is 0 Å². The third-order valence-electron chi connectivity index (χ3n) is 3.99. The molecule has 0 aliphatic heterocycles. The fraction of sp³-hybridized carbons (Fsp3) is 0.312. The molecule has 3 aromatic rings. The van der Waals surface area contributed by atoms with E-state index in [1.165, 1.54) is 18.7 Å². The van der Waals surface area contributed by atoms with Gasteiger partial charge in [-0.05, 0) is 30.5 Å². The summed E-state index contributed by atoms with van der Waals surface area (Å²) in [6, 6.07) is 6.24. The molecule has 2 aromatic heterocycles. The van der Waals surface area contributed by atoms with Crippen LogP contribution in [0.2, 0.25) is 0 Å². The van der Waals surface area contributed by atoms with Crippen LogP contribution in [-0.2, 0) is 13.6 Å². The summed E-state index contributed by atoms with van der Waals surface area (Å²) in [4.78, 5) is 12.5. The molecule has 0 amide bonds. The summed E-state index contributed by atoms with van der Waals surface area (Å²) in [5, 5.41) is 3.09. The summed E-state index contributed by atoms with van der Waals surface area (Å²) < 4.78 is 15.0. The highest BCUT2D eigenvalue weighted by molar-refractivity contribution is 5.77. The first kappa shape index (κ1) is 13.2. The van der Waals surface area contributed by atoms with E-state index in [2.05, 4.69) is 45.1 Å². The second-order valence-electron chi connectivity index (χ2n) is 5.70. The quantitative estimate of drug-likeness (QED) is 0.804. The molecule has 0 atom stereocenters. The van der Waals surface area contributed by atoms with Crippen molar-refractivity contribution in [3.63, 3.8) is 0 Å². The minimum absolute atomic E-state index is 0.418. The number of rotatable bonds is 4. The van der Waals surface area contributed by atoms with E-state index in [0.717, 1.165) is 29.0 Å². The molecule has 0 spiro atoms. The lowest BCUT2D eigenvalue weighted by atomic mass is 10.2. The second kappa shape index (κ2) is 5.05. The number of fused-ring (bicyclic) bond motifs is 1. The lowest BCUT2D eigenvalue weighted by Gasteiger charge is -2.05. The number of nitrogens with zero attached hydrogens (tertiary/aromatic N) is 4. The van der Waals surface area contributed by atoms with Gasteiger partial charge in [0.1, 0.15) is 5.82 Å². The molecule has 0 radical (unpaired) electrons. The molecule has 0 saturated heterocycles. The minimum Gasteiger partial charge on any atom is -0.350 e. The first-order chi connectivity index (χ1) is 10.7. The predicted molar refractivity (Wildman–Crippen MR) is 82.0 cm³/mol. The summed E-state index contributed by atoms with van der Waals surface area (Å²) >= 11 is 0. The highest BCUT2D eigenvalue weighted by atomic mass is 19.1. The number of hydrogen-bond acceptors (Lipinski definition) is 4. The molecule has 1 aliphatic carbocycles. The van der Waals surface area contributed by atoms with Crippen molar-refractivity contribution < 1.29 is 4.39 Å². The third-order valence-corrected chi connectivity index (χ3v) is 3.99. The molecule has 4 rings (SSSR count). The van der Waals surface area contributed by atoms with Gasteiger partial charge in [0.05, 0.1) is 23.4 Å². The SMILES string of the molecule is Cn1c(C2CC2)nc2cc(CNc3ncc(F)cn3)ccc21. The maximum Gasteiger partial charge on any atom is 0.223 e. The molecule has 1 aliphatic rings. The zero-order valence-electron chi connectivity index (χ0n) is 12.3. The molecule has 6 heteroatoms. The van der Waals surface area contributed by atoms with Gasteiger partial charge in [-0.25, -0.2) is 19.3 Å². The molecule has 1 aromatic carbocycles. The normalized spacial score (nSPS) is 14.5. The monoisotopic (exact) mass is 297 g/mol. The van der Waals surface area contributed by atoms with Crippen LogP contribution in [0.25, 0.3) is 11.0 Å². The van der Waals surface area contributed by atoms with Gasteiger partial charge in [-0.1, -0.05) is 6.07 Å². The predicted octanol–water partition coefficient (Wildman–Crippen LogP) is 2.99. The summed E-state index contributed by atoms with van der Waals surface area (Å²) in [6.45, 7) is 0.580. The molecule has 2 heterocycles. The third kappa shape index (κ3) is 2.41. The Bertz CT molecular complexity index is 820. The van der Waals surface area contributed by atoms with Crippen LogP contribution >= 0.6 is 0 Å². The maximum atomic E-state index is 12.8. The Morgan fingerprint density at radius 3 is 2.77 bits per heavy atom. The van der Waals surface area contributed by atoms with Gasteiger partial charge in [-0.15, -0.1) is 0 Å². The van der Waals surface area contributed by atoms with Gasteiger partial charge < -0.3 is 9.88 Å². The molecule has 5 nitrogen and oxygen atoms in total. The molecule has 1 fully saturated rings. The van der Waals surface area contributed by atoms with Crippen molar-refractivity contribution in [1.29, 1.82) is 0 Å². The van der Waals surface area contributed by atoms with Gasteiger partial charge in [0.2, 0.25) is 5.95 Å². The molecule has 22 heavy (non-hydrogen) atoms. The largest absolute Gasteiger partial charge is 0.350 e. The smallest absolute Gasteiger partial charge is 0.223 e. The zero-order valence-corrected chi connectivity index (χ0v) is 12.3. The van der Waals surface area contributed by atoms with Gasteiger partial charge >= 0.3 is 0 Å². The average Bonchev–Trinajstić information content (AvgIpc) is 3.32. The van der Waals surface area contributed by atoms with E-state index in [1.54, 1.807) is 0 Å². The molecule has 0 unspecified atom stereocenters. The Labute approximate surface area is 127 Å². The Kier molecular flexibility index (Phi) is 3.03. The summed E-state index contributed by atoms with van der Waals surface area (Å²) in [6.07, 6.45) is 4.79. The van der Waals surface area contributed by atoms with E-state index in [0.29, 0.717) is 18.4 Å². The number of benzene rings is 1. The molecule has 112 valence electrons. The van der Waals surface area contributed by atoms with Crippen LogP contribution < -0.4 is 5.32 Å². The number of aromatic nitrogens is 4. The lowest BCUT2D eigenvalue weighted by molar-refractivity contribution is 0.614. The number of anilines is 1. The van der Waals surface area contributed by atoms with Crippen molar-refractivity contribution in [2.75, 3.05) is 5.32 Å². The van der Waals surface area contributed by atoms with Crippen molar-refractivity contribution in [2.45, 2.75) is 25.3 Å². The molecular weight excluding hydrogens is 281 g/mol. The van der Waals surface area contributed by atoms with Gasteiger partial charge in [-0.2, -0.15) is 0 Å². The van der Waals surface area contributed by atoms with E-state index < -0.39 is 5.82 Å². The van der Waals surface area contributed by atoms with Crippen LogP contribution in [0, 0.1) is 5.82 Å². The standard InChI is InChI=1S/C16H16FN5/c1-22-14-5-2-10(6-13(14)21-15(22)11-3-4-11)7-18-16-19-8-12(17)9-20-16/h2,5-6,8-9,11H,3-4,7H2,1H3,(H,18,19,20). The highest BCUT2D eigenvalue weighted by Crippen LogP contribution is 2.40. The van der Waals surface area contributed by atoms with Gasteiger partial charge in [0.25, 0.3) is 0 Å². The van der Waals surface area contributed by atoms with Crippen molar-refractivity contribution in [1.82, 2.24) is 19.5 Å². The van der Waals surface area contributed by atoms with E-state index >= 15 is 0 Å². The molecule has 1 N–H and O–H groups in total. The molecular formula is C16H16FN5. The first-order valence-corrected chi connectivity index (χ1v) is 7.37. The fourth-order valence-corrected chi connectivity index (χ4v) is 2.67. The molecule has 1 saturated carbocycles. The van der Waals surface area contributed by atoms with E-state index in [-0.39, 0.29) is 0 Å². The molecule has 0 bridgehead atoms. The number of aryl methyl sites for hydroxylation is 1. The topological polar surface area (TPSA) is 55.6 Å². The summed E-state index contributed by atoms with van der Waals surface area (Å²) in [7, 11) is 2.08. The second-order valence-corrected chi connectivity index (χ2v) is 5.70. The number of halogens is 1. The summed E-state index contributed by atoms with van der Waals surface area (Å²) in [5.74, 6) is 1.79. The number of nitrogens with one attached hydrogen (secondary N) is 1. The Balaban J connectivity index is 1.55. The Morgan fingerprint density at radius 1 is 1.27 bits per heavy atom. The van der Waals surface area contributed by atoms with E-state index in [9.17, 15) is 4.39 Å². The van der Waals surface area contributed by atoms with Crippen LogP contribution in [0.5, 0.6) is 0 Å². The van der Waals surface area contributed by atoms with Crippen molar-refractivity contribution in [2.24, 2.45) is 7.05 Å². The zero-order chi connectivity index (χ0) is 15.1. The van der Waals surface area contributed by atoms with Crippen LogP contribution in [0.3, 0.4) is 0 Å². The van der Waals surface area contributed by atoms with Gasteiger partial charge in [-0.3, -0.25) is 0 Å². The number of imidazole rings is 1. The maximum absolute atomic E-state index is 12.8. The first-order valence-electron chi connectivity index (χ1n) is 7.37. The van der Waals surface area contributed by atoms with Crippen molar-refractivity contribution in [3.05, 3.63) is 47.8 Å². The minimum atomic E-state index is -0.437. The lowest BCUT2D eigenvalue weighted by Crippen LogP contribution is -2.03. The van der Waals surface area contributed by atoms with Crippen LogP contribution in [0.1, 0.15) is 30.1 Å². The van der Waals surface area contributed by atoms with Crippen LogP contribution in [-0.4, -0.2) is 19.5 Å². The van der Waals surface area contributed by atoms with Crippen LogP contribution in [0.4, 0.5) is 10.3 Å². The van der Waals surface area contributed by atoms with Gasteiger partial charge in [0, 0.05) is 19.5 Å². The van der Waals surface area contributed by atoms with Crippen LogP contribution in [0.15, 0.2) is 30.6 Å². The Morgan fingerprint density at radius 2 is 2.05 bits per heavy atom. The van der Waals surface area contributed by atoms with Crippen molar-refractivity contribution in [3.8, 4) is 0 Å². The van der Waals surface area contributed by atoms with Crippen molar-refractivity contribution >= 4 is 17.0 Å². The average molecular weight is 297 g/mol. The Hall–Kier alpha value is -2.50.